The Bertz CT molecular complexity index is 2690. The van der Waals surface area contributed by atoms with Gasteiger partial charge >= 0.3 is 0 Å². The molecule has 0 aliphatic carbocycles. The number of anilines is 9. The zero-order chi connectivity index (χ0) is 37.3. The molecule has 0 aromatic heterocycles. The van der Waals surface area contributed by atoms with Crippen LogP contribution in [0.3, 0.4) is 0 Å². The van der Waals surface area contributed by atoms with Crippen molar-refractivity contribution < 1.29 is 4.74 Å². The molecule has 1 aliphatic rings. The molecule has 4 heteroatoms. The quantitative estimate of drug-likeness (QED) is 0.156. The maximum atomic E-state index is 6.94. The van der Waals surface area contributed by atoms with E-state index < -0.39 is 0 Å². The Hall–Kier alpha value is -7.56. The average molecular weight is 720 g/mol. The maximum Gasteiger partial charge on any atom is 0.153 e. The van der Waals surface area contributed by atoms with E-state index in [0.717, 1.165) is 73.8 Å². The van der Waals surface area contributed by atoms with Gasteiger partial charge in [-0.2, -0.15) is 0 Å². The molecular weight excluding hydrogens is 683 g/mol. The number of ether oxygens (including phenoxy) is 1. The van der Waals surface area contributed by atoms with Crippen molar-refractivity contribution >= 4 is 62.0 Å². The first-order valence-corrected chi connectivity index (χ1v) is 18.9. The van der Waals surface area contributed by atoms with Crippen molar-refractivity contribution in [1.29, 1.82) is 0 Å². The van der Waals surface area contributed by atoms with Gasteiger partial charge in [-0.15, -0.1) is 0 Å². The second-order valence-electron chi connectivity index (χ2n) is 13.9. The summed E-state index contributed by atoms with van der Waals surface area (Å²) in [5, 5.41) is 2.39. The van der Waals surface area contributed by atoms with E-state index in [1.54, 1.807) is 0 Å². The molecule has 0 atom stereocenters. The van der Waals surface area contributed by atoms with Gasteiger partial charge in [0, 0.05) is 45.9 Å². The van der Waals surface area contributed by atoms with Gasteiger partial charge in [0.15, 0.2) is 11.5 Å². The number of benzene rings is 9. The minimum atomic E-state index is 0.786. The number of nitrogens with zero attached hydrogens (tertiary/aromatic N) is 3. The highest BCUT2D eigenvalue weighted by molar-refractivity contribution is 5.94. The summed E-state index contributed by atoms with van der Waals surface area (Å²) in [7, 11) is 0. The largest absolute Gasteiger partial charge is 0.453 e. The van der Waals surface area contributed by atoms with Gasteiger partial charge in [-0.3, -0.25) is 0 Å². The molecule has 10 rings (SSSR count). The number of hydrogen-bond acceptors (Lipinski definition) is 4. The molecule has 1 aliphatic heterocycles. The van der Waals surface area contributed by atoms with E-state index in [4.69, 9.17) is 4.74 Å². The SMILES string of the molecule is c1ccc(N(c2ccccc2)c2ccc(-c3ccc4c(c3)Oc3cc(N(c5ccccc5)c5ccccc5)ccc3N4c3ccc4ccccc4c3)cc2)cc1. The van der Waals surface area contributed by atoms with Gasteiger partial charge in [-0.1, -0.05) is 121 Å². The van der Waals surface area contributed by atoms with Crippen molar-refractivity contribution in [3.05, 3.63) is 224 Å². The lowest BCUT2D eigenvalue weighted by Crippen LogP contribution is -2.17. The highest BCUT2D eigenvalue weighted by Gasteiger charge is 2.28. The van der Waals surface area contributed by atoms with Gasteiger partial charge < -0.3 is 19.4 Å². The molecule has 1 heterocycles. The lowest BCUT2D eigenvalue weighted by molar-refractivity contribution is 0.477. The standard InChI is InChI=1S/C52H37N3O/c1-5-17-42(18-6-1)53(43-19-7-2-8-20-43)46-29-25-39(26-30-46)41-28-33-49-51(36-41)56-52-37-48(54(44-21-9-3-10-22-44)45-23-11-4-12-24-45)32-34-50(52)55(49)47-31-27-38-15-13-14-16-40(38)35-47/h1-37H. The number of rotatable bonds is 8. The zero-order valence-corrected chi connectivity index (χ0v) is 30.6. The molecule has 9 aromatic carbocycles. The molecule has 0 fully saturated rings. The molecule has 0 radical (unpaired) electrons. The monoisotopic (exact) mass is 719 g/mol. The number of hydrogen-bond donors (Lipinski definition) is 0. The fraction of sp³-hybridized carbons (Fsp3) is 0. The van der Waals surface area contributed by atoms with Crippen LogP contribution in [0, 0.1) is 0 Å². The van der Waals surface area contributed by atoms with E-state index in [0.29, 0.717) is 0 Å². The topological polar surface area (TPSA) is 19.0 Å². The maximum absolute atomic E-state index is 6.94. The molecule has 9 aromatic rings. The molecule has 0 bridgehead atoms. The van der Waals surface area contributed by atoms with E-state index in [9.17, 15) is 0 Å². The van der Waals surface area contributed by atoms with Crippen LogP contribution in [0.25, 0.3) is 21.9 Å². The molecule has 0 spiro atoms. The number of para-hydroxylation sites is 4. The summed E-state index contributed by atoms with van der Waals surface area (Å²) in [4.78, 5) is 6.87. The van der Waals surface area contributed by atoms with Gasteiger partial charge in [0.25, 0.3) is 0 Å². The zero-order valence-electron chi connectivity index (χ0n) is 30.6. The smallest absolute Gasteiger partial charge is 0.153 e. The second kappa shape index (κ2) is 14.3. The molecule has 0 unspecified atom stereocenters. The summed E-state index contributed by atoms with van der Waals surface area (Å²) < 4.78 is 6.94. The van der Waals surface area contributed by atoms with Crippen LogP contribution in [0.1, 0.15) is 0 Å². The summed E-state index contributed by atoms with van der Waals surface area (Å²) in [6.07, 6.45) is 0. The van der Waals surface area contributed by atoms with Crippen LogP contribution in [0.5, 0.6) is 11.5 Å². The Morgan fingerprint density at radius 1 is 0.304 bits per heavy atom. The van der Waals surface area contributed by atoms with Gasteiger partial charge in [-0.25, -0.2) is 0 Å². The second-order valence-corrected chi connectivity index (χ2v) is 13.9. The lowest BCUT2D eigenvalue weighted by atomic mass is 10.0. The van der Waals surface area contributed by atoms with E-state index in [2.05, 4.69) is 239 Å². The van der Waals surface area contributed by atoms with Crippen LogP contribution < -0.4 is 19.4 Å². The normalized spacial score (nSPS) is 11.7. The fourth-order valence-electron chi connectivity index (χ4n) is 7.72. The third-order valence-electron chi connectivity index (χ3n) is 10.4. The van der Waals surface area contributed by atoms with Crippen LogP contribution in [-0.2, 0) is 0 Å². The van der Waals surface area contributed by atoms with E-state index in [1.807, 2.05) is 0 Å². The Labute approximate surface area is 327 Å². The summed E-state index contributed by atoms with van der Waals surface area (Å²) in [6.45, 7) is 0. The van der Waals surface area contributed by atoms with E-state index >= 15 is 0 Å². The van der Waals surface area contributed by atoms with Crippen LogP contribution in [-0.4, -0.2) is 0 Å². The third kappa shape index (κ3) is 6.19. The van der Waals surface area contributed by atoms with Gasteiger partial charge in [0.1, 0.15) is 0 Å². The summed E-state index contributed by atoms with van der Waals surface area (Å²) in [6, 6.07) is 79.0. The predicted octanol–water partition coefficient (Wildman–Crippen LogP) is 15.0. The summed E-state index contributed by atoms with van der Waals surface area (Å²) >= 11 is 0. The van der Waals surface area contributed by atoms with Crippen LogP contribution in [0.15, 0.2) is 224 Å². The molecule has 0 N–H and O–H groups in total. The minimum Gasteiger partial charge on any atom is -0.453 e. The molecular formula is C52H37N3O. The first-order valence-electron chi connectivity index (χ1n) is 18.9. The number of fused-ring (bicyclic) bond motifs is 3. The summed E-state index contributed by atoms with van der Waals surface area (Å²) in [5.41, 5.74) is 11.7. The van der Waals surface area contributed by atoms with Crippen molar-refractivity contribution in [3.8, 4) is 22.6 Å². The third-order valence-corrected chi connectivity index (χ3v) is 10.4. The van der Waals surface area contributed by atoms with Gasteiger partial charge in [0.2, 0.25) is 0 Å². The Balaban J connectivity index is 1.07. The highest BCUT2D eigenvalue weighted by atomic mass is 16.5. The summed E-state index contributed by atoms with van der Waals surface area (Å²) in [5.74, 6) is 1.58. The first kappa shape index (κ1) is 33.0. The van der Waals surface area contributed by atoms with Crippen molar-refractivity contribution in [2.75, 3.05) is 14.7 Å². The molecule has 266 valence electrons. The Morgan fingerprint density at radius 2 is 0.732 bits per heavy atom. The minimum absolute atomic E-state index is 0.786. The Morgan fingerprint density at radius 3 is 1.30 bits per heavy atom. The van der Waals surface area contributed by atoms with Crippen LogP contribution >= 0.6 is 0 Å². The van der Waals surface area contributed by atoms with Gasteiger partial charge in [-0.05, 0) is 119 Å². The predicted molar refractivity (Wildman–Crippen MR) is 234 cm³/mol. The van der Waals surface area contributed by atoms with Gasteiger partial charge in [0.05, 0.1) is 11.4 Å². The average Bonchev–Trinajstić information content (AvgIpc) is 3.27. The highest BCUT2D eigenvalue weighted by Crippen LogP contribution is 2.53. The van der Waals surface area contributed by atoms with Crippen molar-refractivity contribution in [1.82, 2.24) is 0 Å². The van der Waals surface area contributed by atoms with Crippen molar-refractivity contribution in [3.63, 3.8) is 0 Å². The molecule has 0 amide bonds. The van der Waals surface area contributed by atoms with E-state index in [1.165, 1.54) is 10.8 Å². The van der Waals surface area contributed by atoms with Crippen molar-refractivity contribution in [2.24, 2.45) is 0 Å². The van der Waals surface area contributed by atoms with E-state index in [-0.39, 0.29) is 0 Å². The molecule has 56 heavy (non-hydrogen) atoms. The lowest BCUT2D eigenvalue weighted by Gasteiger charge is -2.34. The fourth-order valence-corrected chi connectivity index (χ4v) is 7.72. The van der Waals surface area contributed by atoms with Crippen molar-refractivity contribution in [2.45, 2.75) is 0 Å². The first-order chi connectivity index (χ1) is 27.8. The van der Waals surface area contributed by atoms with Crippen LogP contribution in [0.2, 0.25) is 0 Å². The molecule has 0 saturated carbocycles. The van der Waals surface area contributed by atoms with Crippen LogP contribution in [0.4, 0.5) is 51.2 Å². The molecule has 4 nitrogen and oxygen atoms in total. The molecule has 0 saturated heterocycles. The Kier molecular flexibility index (Phi) is 8.47.